The van der Waals surface area contributed by atoms with Crippen LogP contribution in [0.15, 0.2) is 53.0 Å². The molecule has 0 bridgehead atoms. The normalized spacial score (nSPS) is 15.3. The van der Waals surface area contributed by atoms with Crippen LogP contribution in [0, 0.1) is 15.5 Å². The summed E-state index contributed by atoms with van der Waals surface area (Å²) in [5.41, 5.74) is 3.60. The molecule has 0 fully saturated rings. The zero-order valence-corrected chi connectivity index (χ0v) is 17.1. The summed E-state index contributed by atoms with van der Waals surface area (Å²) >= 11 is 3.44. The van der Waals surface area contributed by atoms with Gasteiger partial charge in [0.2, 0.25) is 0 Å². The molecule has 0 N–H and O–H groups in total. The molecule has 7 heteroatoms. The van der Waals surface area contributed by atoms with Crippen molar-refractivity contribution in [2.75, 3.05) is 0 Å². The van der Waals surface area contributed by atoms with Gasteiger partial charge in [-0.05, 0) is 36.1 Å². The van der Waals surface area contributed by atoms with Crippen LogP contribution in [-0.4, -0.2) is 20.5 Å². The first-order valence-electron chi connectivity index (χ1n) is 8.91. The van der Waals surface area contributed by atoms with Gasteiger partial charge in [-0.3, -0.25) is 14.9 Å². The molecule has 6 nitrogen and oxygen atoms in total. The number of non-ortho nitro benzene ring substituents is 1. The molecule has 1 aliphatic rings. The van der Waals surface area contributed by atoms with Crippen molar-refractivity contribution in [1.29, 1.82) is 0 Å². The predicted octanol–water partition coefficient (Wildman–Crippen LogP) is 5.37. The fourth-order valence-corrected chi connectivity index (χ4v) is 3.96. The molecule has 0 atom stereocenters. The van der Waals surface area contributed by atoms with Crippen molar-refractivity contribution in [2.24, 2.45) is 5.41 Å². The Morgan fingerprint density at radius 1 is 1.07 bits per heavy atom. The van der Waals surface area contributed by atoms with Gasteiger partial charge in [-0.25, -0.2) is 4.68 Å². The van der Waals surface area contributed by atoms with E-state index in [1.54, 1.807) is 16.8 Å². The number of benzene rings is 2. The van der Waals surface area contributed by atoms with Crippen molar-refractivity contribution in [1.82, 2.24) is 9.78 Å². The average molecular weight is 440 g/mol. The van der Waals surface area contributed by atoms with Crippen LogP contribution in [0.1, 0.15) is 36.3 Å². The molecule has 0 radical (unpaired) electrons. The summed E-state index contributed by atoms with van der Waals surface area (Å²) in [6.45, 7) is 4.13. The third-order valence-corrected chi connectivity index (χ3v) is 5.47. The van der Waals surface area contributed by atoms with E-state index in [1.807, 2.05) is 24.3 Å². The molecule has 0 aliphatic heterocycles. The lowest BCUT2D eigenvalue weighted by Crippen LogP contribution is -2.26. The largest absolute Gasteiger partial charge is 0.294 e. The summed E-state index contributed by atoms with van der Waals surface area (Å²) in [7, 11) is 0. The van der Waals surface area contributed by atoms with Crippen LogP contribution >= 0.6 is 15.9 Å². The fourth-order valence-electron chi connectivity index (χ4n) is 3.70. The Balaban J connectivity index is 1.94. The van der Waals surface area contributed by atoms with E-state index >= 15 is 0 Å². The second-order valence-corrected chi connectivity index (χ2v) is 8.72. The number of halogens is 1. The van der Waals surface area contributed by atoms with Crippen LogP contribution in [0.25, 0.3) is 16.9 Å². The van der Waals surface area contributed by atoms with Crippen LogP contribution in [0.2, 0.25) is 0 Å². The molecular weight excluding hydrogens is 422 g/mol. The van der Waals surface area contributed by atoms with Crippen LogP contribution in [-0.2, 0) is 6.42 Å². The molecule has 0 spiro atoms. The summed E-state index contributed by atoms with van der Waals surface area (Å²) in [6, 6.07) is 14.0. The number of fused-ring (bicyclic) bond motifs is 1. The Hall–Kier alpha value is -2.80. The van der Waals surface area contributed by atoms with Gasteiger partial charge in [0.25, 0.3) is 5.69 Å². The number of hydrogen-bond acceptors (Lipinski definition) is 4. The van der Waals surface area contributed by atoms with Crippen molar-refractivity contribution in [3.8, 4) is 16.9 Å². The first-order chi connectivity index (χ1) is 13.2. The molecule has 2 aromatic carbocycles. The number of carbonyl (C=O) groups excluding carboxylic acids is 1. The van der Waals surface area contributed by atoms with Gasteiger partial charge in [0.15, 0.2) is 5.78 Å². The number of aromatic nitrogens is 2. The summed E-state index contributed by atoms with van der Waals surface area (Å²) in [5, 5.41) is 15.7. The number of nitro groups is 1. The van der Waals surface area contributed by atoms with Gasteiger partial charge in [0.05, 0.1) is 27.6 Å². The highest BCUT2D eigenvalue weighted by molar-refractivity contribution is 9.10. The minimum Gasteiger partial charge on any atom is -0.294 e. The summed E-state index contributed by atoms with van der Waals surface area (Å²) in [6.07, 6.45) is 1.17. The highest BCUT2D eigenvalue weighted by atomic mass is 79.9. The summed E-state index contributed by atoms with van der Waals surface area (Å²) in [4.78, 5) is 23.5. The topological polar surface area (TPSA) is 78.0 Å². The van der Waals surface area contributed by atoms with Gasteiger partial charge in [-0.1, -0.05) is 41.9 Å². The van der Waals surface area contributed by atoms with Crippen molar-refractivity contribution in [2.45, 2.75) is 26.7 Å². The quantitative estimate of drug-likeness (QED) is 0.406. The Bertz CT molecular complexity index is 1080. The van der Waals surface area contributed by atoms with Gasteiger partial charge in [-0.15, -0.1) is 0 Å². The highest BCUT2D eigenvalue weighted by Gasteiger charge is 2.36. The van der Waals surface area contributed by atoms with E-state index < -0.39 is 4.92 Å². The molecule has 1 aromatic heterocycles. The second-order valence-electron chi connectivity index (χ2n) is 7.80. The molecule has 142 valence electrons. The highest BCUT2D eigenvalue weighted by Crippen LogP contribution is 2.40. The predicted molar refractivity (Wildman–Crippen MR) is 110 cm³/mol. The molecule has 3 aromatic rings. The summed E-state index contributed by atoms with van der Waals surface area (Å²) in [5.74, 6) is 0.0809. The van der Waals surface area contributed by atoms with Gasteiger partial charge in [0.1, 0.15) is 0 Å². The SMILES string of the molecule is CC1(C)CC(=O)c2c(nn(-c3ccc([N+](=O)[O-])cc3)c2-c2ccc(Br)cc2)C1. The van der Waals surface area contributed by atoms with Gasteiger partial charge in [-0.2, -0.15) is 5.10 Å². The molecular formula is C21H18BrN3O3. The number of ketones is 1. The van der Waals surface area contributed by atoms with Crippen LogP contribution < -0.4 is 0 Å². The average Bonchev–Trinajstić information content (AvgIpc) is 3.00. The van der Waals surface area contributed by atoms with E-state index in [1.165, 1.54) is 12.1 Å². The zero-order valence-electron chi connectivity index (χ0n) is 15.5. The van der Waals surface area contributed by atoms with E-state index in [-0.39, 0.29) is 16.9 Å². The maximum Gasteiger partial charge on any atom is 0.269 e. The lowest BCUT2D eigenvalue weighted by Gasteiger charge is -2.27. The third kappa shape index (κ3) is 3.26. The van der Waals surface area contributed by atoms with Crippen LogP contribution in [0.4, 0.5) is 5.69 Å². The van der Waals surface area contributed by atoms with E-state index in [2.05, 4.69) is 29.8 Å². The van der Waals surface area contributed by atoms with E-state index in [4.69, 9.17) is 5.10 Å². The first-order valence-corrected chi connectivity index (χ1v) is 9.70. The molecule has 1 aliphatic carbocycles. The lowest BCUT2D eigenvalue weighted by molar-refractivity contribution is -0.384. The molecule has 4 rings (SSSR count). The molecule has 0 saturated carbocycles. The zero-order chi connectivity index (χ0) is 20.1. The summed E-state index contributed by atoms with van der Waals surface area (Å²) < 4.78 is 2.68. The maximum absolute atomic E-state index is 13.0. The molecule has 0 unspecified atom stereocenters. The number of carbonyl (C=O) groups is 1. The Labute approximate surface area is 170 Å². The molecule has 0 saturated heterocycles. The Morgan fingerprint density at radius 3 is 2.32 bits per heavy atom. The van der Waals surface area contributed by atoms with Gasteiger partial charge < -0.3 is 0 Å². The van der Waals surface area contributed by atoms with Crippen LogP contribution in [0.3, 0.4) is 0 Å². The van der Waals surface area contributed by atoms with Crippen molar-refractivity contribution >= 4 is 27.4 Å². The molecule has 28 heavy (non-hydrogen) atoms. The third-order valence-electron chi connectivity index (χ3n) is 4.94. The smallest absolute Gasteiger partial charge is 0.269 e. The maximum atomic E-state index is 13.0. The van der Waals surface area contributed by atoms with E-state index in [0.717, 1.165) is 21.4 Å². The van der Waals surface area contributed by atoms with Gasteiger partial charge in [0, 0.05) is 28.6 Å². The van der Waals surface area contributed by atoms with Crippen LogP contribution in [0.5, 0.6) is 0 Å². The standard InChI is InChI=1S/C21H18BrN3O3/c1-21(2)11-17-19(18(26)12-21)20(13-3-5-14(22)6-4-13)24(23-17)15-7-9-16(10-8-15)25(27)28/h3-10H,11-12H2,1-2H3. The minimum atomic E-state index is -0.431. The lowest BCUT2D eigenvalue weighted by atomic mass is 9.75. The van der Waals surface area contributed by atoms with Crippen molar-refractivity contribution < 1.29 is 9.72 Å². The van der Waals surface area contributed by atoms with E-state index in [0.29, 0.717) is 24.1 Å². The fraction of sp³-hybridized carbons (Fsp3) is 0.238. The Morgan fingerprint density at radius 2 is 1.71 bits per heavy atom. The second kappa shape index (κ2) is 6.67. The van der Waals surface area contributed by atoms with Crippen molar-refractivity contribution in [3.05, 3.63) is 74.4 Å². The minimum absolute atomic E-state index is 0.0167. The number of hydrogen-bond donors (Lipinski definition) is 0. The number of Topliss-reactive ketones (excluding diaryl/α,β-unsaturated/α-hetero) is 1. The Kier molecular flexibility index (Phi) is 4.42. The number of nitro benzene ring substituents is 1. The molecule has 1 heterocycles. The monoisotopic (exact) mass is 439 g/mol. The van der Waals surface area contributed by atoms with Crippen molar-refractivity contribution in [3.63, 3.8) is 0 Å². The number of rotatable bonds is 3. The van der Waals surface area contributed by atoms with Gasteiger partial charge >= 0.3 is 0 Å². The first kappa shape index (κ1) is 18.6. The molecule has 0 amide bonds. The number of nitrogens with zero attached hydrogens (tertiary/aromatic N) is 3. The van der Waals surface area contributed by atoms with E-state index in [9.17, 15) is 14.9 Å².